The van der Waals surface area contributed by atoms with Crippen LogP contribution in [-0.4, -0.2) is 29.0 Å². The van der Waals surface area contributed by atoms with Crippen LogP contribution in [0.2, 0.25) is 0 Å². The van der Waals surface area contributed by atoms with Gasteiger partial charge in [-0.3, -0.25) is 14.2 Å². The SMILES string of the molecule is CS(=O)(=O)Nc1ccccc1CNC(=O)Cc1ccc(NS(=O)(=O)c2cccs2)cc1. The molecule has 1 aromatic heterocycles. The van der Waals surface area contributed by atoms with Gasteiger partial charge in [0.15, 0.2) is 0 Å². The molecule has 31 heavy (non-hydrogen) atoms. The van der Waals surface area contributed by atoms with Gasteiger partial charge in [0.1, 0.15) is 4.21 Å². The number of para-hydroxylation sites is 1. The molecule has 11 heteroatoms. The smallest absolute Gasteiger partial charge is 0.271 e. The summed E-state index contributed by atoms with van der Waals surface area (Å²) in [5, 5.41) is 4.45. The Labute approximate surface area is 185 Å². The van der Waals surface area contributed by atoms with Gasteiger partial charge in [-0.1, -0.05) is 36.4 Å². The molecule has 0 aliphatic carbocycles. The zero-order chi connectivity index (χ0) is 22.5. The molecule has 0 unspecified atom stereocenters. The number of hydrogen-bond donors (Lipinski definition) is 3. The molecule has 164 valence electrons. The van der Waals surface area contributed by atoms with Crippen LogP contribution in [0, 0.1) is 0 Å². The van der Waals surface area contributed by atoms with Gasteiger partial charge in [-0.2, -0.15) is 0 Å². The summed E-state index contributed by atoms with van der Waals surface area (Å²) in [6, 6.07) is 16.5. The minimum Gasteiger partial charge on any atom is -0.352 e. The molecular formula is C20H21N3O5S3. The fourth-order valence-corrected chi connectivity index (χ4v) is 5.38. The summed E-state index contributed by atoms with van der Waals surface area (Å²) in [4.78, 5) is 12.3. The van der Waals surface area contributed by atoms with E-state index < -0.39 is 20.0 Å². The first-order valence-electron chi connectivity index (χ1n) is 9.10. The first-order valence-corrected chi connectivity index (χ1v) is 13.4. The van der Waals surface area contributed by atoms with Crippen LogP contribution in [0.5, 0.6) is 0 Å². The number of carbonyl (C=O) groups is 1. The molecule has 0 spiro atoms. The Morgan fingerprint density at radius 3 is 2.26 bits per heavy atom. The van der Waals surface area contributed by atoms with Gasteiger partial charge in [0.25, 0.3) is 10.0 Å². The van der Waals surface area contributed by atoms with E-state index in [1.807, 2.05) is 0 Å². The zero-order valence-corrected chi connectivity index (χ0v) is 19.0. The summed E-state index contributed by atoms with van der Waals surface area (Å²) >= 11 is 1.13. The van der Waals surface area contributed by atoms with E-state index in [0.717, 1.165) is 17.6 Å². The molecule has 3 rings (SSSR count). The summed E-state index contributed by atoms with van der Waals surface area (Å²) in [5.41, 5.74) is 2.16. The quantitative estimate of drug-likeness (QED) is 0.436. The van der Waals surface area contributed by atoms with Crippen molar-refractivity contribution in [1.29, 1.82) is 0 Å². The normalized spacial score (nSPS) is 11.6. The first kappa shape index (κ1) is 22.8. The summed E-state index contributed by atoms with van der Waals surface area (Å²) < 4.78 is 52.6. The average Bonchev–Trinajstić information content (AvgIpc) is 3.23. The second kappa shape index (κ2) is 9.50. The Kier molecular flexibility index (Phi) is 6.98. The summed E-state index contributed by atoms with van der Waals surface area (Å²) in [6.45, 7) is 0.163. The number of nitrogens with one attached hydrogen (secondary N) is 3. The van der Waals surface area contributed by atoms with E-state index in [-0.39, 0.29) is 23.1 Å². The predicted octanol–water partition coefficient (Wildman–Crippen LogP) is 2.78. The number of carbonyl (C=O) groups excluding carboxylic acids is 1. The van der Waals surface area contributed by atoms with Gasteiger partial charge in [-0.05, 0) is 40.8 Å². The zero-order valence-electron chi connectivity index (χ0n) is 16.5. The van der Waals surface area contributed by atoms with Gasteiger partial charge >= 0.3 is 0 Å². The van der Waals surface area contributed by atoms with Gasteiger partial charge in [0, 0.05) is 12.2 Å². The number of rotatable bonds is 9. The number of hydrogen-bond acceptors (Lipinski definition) is 6. The molecule has 0 bridgehead atoms. The Balaban J connectivity index is 1.57. The summed E-state index contributed by atoms with van der Waals surface area (Å²) in [5.74, 6) is -0.249. The number of amides is 1. The highest BCUT2D eigenvalue weighted by atomic mass is 32.2. The largest absolute Gasteiger partial charge is 0.352 e. The van der Waals surface area contributed by atoms with E-state index in [2.05, 4.69) is 14.8 Å². The molecule has 1 heterocycles. The van der Waals surface area contributed by atoms with Crippen molar-refractivity contribution in [1.82, 2.24) is 5.32 Å². The van der Waals surface area contributed by atoms with Crippen molar-refractivity contribution in [3.05, 3.63) is 77.2 Å². The monoisotopic (exact) mass is 479 g/mol. The van der Waals surface area contributed by atoms with E-state index in [1.54, 1.807) is 60.0 Å². The Morgan fingerprint density at radius 1 is 0.903 bits per heavy atom. The Bertz CT molecular complexity index is 1250. The lowest BCUT2D eigenvalue weighted by Crippen LogP contribution is -2.25. The summed E-state index contributed by atoms with van der Waals surface area (Å²) in [6.07, 6.45) is 1.16. The average molecular weight is 480 g/mol. The van der Waals surface area contributed by atoms with E-state index in [9.17, 15) is 21.6 Å². The van der Waals surface area contributed by atoms with Gasteiger partial charge in [0.2, 0.25) is 15.9 Å². The molecular weight excluding hydrogens is 458 g/mol. The lowest BCUT2D eigenvalue weighted by Gasteiger charge is -2.12. The molecule has 2 aromatic carbocycles. The number of benzene rings is 2. The van der Waals surface area contributed by atoms with Crippen molar-refractivity contribution in [2.45, 2.75) is 17.2 Å². The molecule has 1 amide bonds. The van der Waals surface area contributed by atoms with Gasteiger partial charge in [0.05, 0.1) is 18.4 Å². The van der Waals surface area contributed by atoms with Crippen LogP contribution in [0.4, 0.5) is 11.4 Å². The van der Waals surface area contributed by atoms with Gasteiger partial charge < -0.3 is 5.32 Å². The van der Waals surface area contributed by atoms with Crippen molar-refractivity contribution in [2.75, 3.05) is 15.7 Å². The molecule has 3 N–H and O–H groups in total. The maximum Gasteiger partial charge on any atom is 0.271 e. The van der Waals surface area contributed by atoms with Crippen LogP contribution in [0.25, 0.3) is 0 Å². The van der Waals surface area contributed by atoms with E-state index in [0.29, 0.717) is 22.5 Å². The second-order valence-electron chi connectivity index (χ2n) is 6.72. The molecule has 0 saturated carbocycles. The number of thiophene rings is 1. The Morgan fingerprint density at radius 2 is 1.61 bits per heavy atom. The van der Waals surface area contributed by atoms with Crippen molar-refractivity contribution < 1.29 is 21.6 Å². The minimum absolute atomic E-state index is 0.0969. The molecule has 8 nitrogen and oxygen atoms in total. The van der Waals surface area contributed by atoms with Crippen LogP contribution in [0.3, 0.4) is 0 Å². The molecule has 0 saturated heterocycles. The topological polar surface area (TPSA) is 121 Å². The predicted molar refractivity (Wildman–Crippen MR) is 122 cm³/mol. The molecule has 0 aliphatic heterocycles. The van der Waals surface area contributed by atoms with Gasteiger partial charge in [-0.15, -0.1) is 11.3 Å². The molecule has 0 atom stereocenters. The Hall–Kier alpha value is -2.89. The lowest BCUT2D eigenvalue weighted by atomic mass is 10.1. The molecule has 0 radical (unpaired) electrons. The van der Waals surface area contributed by atoms with Crippen LogP contribution < -0.4 is 14.8 Å². The van der Waals surface area contributed by atoms with Crippen molar-refractivity contribution in [3.8, 4) is 0 Å². The lowest BCUT2D eigenvalue weighted by molar-refractivity contribution is -0.120. The maximum atomic E-state index is 12.3. The van der Waals surface area contributed by atoms with E-state index in [4.69, 9.17) is 0 Å². The third kappa shape index (κ3) is 6.81. The highest BCUT2D eigenvalue weighted by Crippen LogP contribution is 2.21. The molecule has 0 aliphatic rings. The van der Waals surface area contributed by atoms with Crippen molar-refractivity contribution in [3.63, 3.8) is 0 Å². The van der Waals surface area contributed by atoms with Crippen LogP contribution >= 0.6 is 11.3 Å². The highest BCUT2D eigenvalue weighted by molar-refractivity contribution is 7.94. The molecule has 0 fully saturated rings. The fraction of sp³-hybridized carbons (Fsp3) is 0.150. The second-order valence-corrected chi connectivity index (χ2v) is 11.3. The third-order valence-electron chi connectivity index (χ3n) is 4.12. The van der Waals surface area contributed by atoms with E-state index >= 15 is 0 Å². The maximum absolute atomic E-state index is 12.3. The van der Waals surface area contributed by atoms with E-state index in [1.165, 1.54) is 6.07 Å². The van der Waals surface area contributed by atoms with Gasteiger partial charge in [-0.25, -0.2) is 16.8 Å². The van der Waals surface area contributed by atoms with Crippen molar-refractivity contribution in [2.24, 2.45) is 0 Å². The first-order chi connectivity index (χ1) is 14.6. The van der Waals surface area contributed by atoms with Crippen LogP contribution in [0.1, 0.15) is 11.1 Å². The number of anilines is 2. The molecule has 3 aromatic rings. The highest BCUT2D eigenvalue weighted by Gasteiger charge is 2.15. The standard InChI is InChI=1S/C20H21N3O5S3/c1-30(25,26)23-18-6-3-2-5-16(18)14-21-19(24)13-15-8-10-17(11-9-15)22-31(27,28)20-7-4-12-29-20/h2-12,22-23H,13-14H2,1H3,(H,21,24). The van der Waals surface area contributed by atoms with Crippen LogP contribution in [-0.2, 0) is 37.8 Å². The minimum atomic E-state index is -3.62. The number of sulfonamides is 2. The third-order valence-corrected chi connectivity index (χ3v) is 7.49. The fourth-order valence-electron chi connectivity index (χ4n) is 2.73. The van der Waals surface area contributed by atoms with Crippen molar-refractivity contribution >= 4 is 48.7 Å². The summed E-state index contributed by atoms with van der Waals surface area (Å²) in [7, 11) is -7.05. The van der Waals surface area contributed by atoms with Crippen LogP contribution in [0.15, 0.2) is 70.3 Å².